The summed E-state index contributed by atoms with van der Waals surface area (Å²) >= 11 is 15.3. The summed E-state index contributed by atoms with van der Waals surface area (Å²) < 4.78 is 5.97. The van der Waals surface area contributed by atoms with Gasteiger partial charge in [-0.3, -0.25) is 19.3 Å². The molecule has 2 aliphatic rings. The number of carbonyl (C=O) groups excluding carboxylic acids is 2. The van der Waals surface area contributed by atoms with E-state index in [1.54, 1.807) is 30.3 Å². The summed E-state index contributed by atoms with van der Waals surface area (Å²) in [4.78, 5) is 57.7. The van der Waals surface area contributed by atoms with Crippen LogP contribution in [0.25, 0.3) is 22.3 Å². The average molecular weight is 660 g/mol. The second-order valence-corrected chi connectivity index (χ2v) is 12.4. The van der Waals surface area contributed by atoms with E-state index in [0.717, 1.165) is 4.90 Å². The van der Waals surface area contributed by atoms with Crippen LogP contribution in [0.3, 0.4) is 0 Å². The van der Waals surface area contributed by atoms with Gasteiger partial charge in [0, 0.05) is 26.2 Å². The first-order valence-electron chi connectivity index (χ1n) is 13.0. The summed E-state index contributed by atoms with van der Waals surface area (Å²) in [7, 11) is 0. The van der Waals surface area contributed by atoms with Gasteiger partial charge in [0.15, 0.2) is 0 Å². The Kier molecular flexibility index (Phi) is 9.40. The lowest BCUT2D eigenvalue weighted by Crippen LogP contribution is -2.69. The number of carbonyl (C=O) groups is 3. The molecular formula is C29H24Cl2N4O6S2. The van der Waals surface area contributed by atoms with Crippen molar-refractivity contribution in [2.45, 2.75) is 24.8 Å². The number of aromatic amines is 1. The minimum Gasteiger partial charge on any atom is -0.488 e. The molecule has 0 spiro atoms. The predicted molar refractivity (Wildman–Crippen MR) is 168 cm³/mol. The van der Waals surface area contributed by atoms with E-state index in [-0.39, 0.29) is 23.9 Å². The topological polar surface area (TPSA) is 142 Å². The van der Waals surface area contributed by atoms with Crippen LogP contribution >= 0.6 is 46.3 Å². The molecule has 4 heterocycles. The third-order valence-corrected chi connectivity index (χ3v) is 9.52. The number of halogens is 2. The summed E-state index contributed by atoms with van der Waals surface area (Å²) in [6.07, 6.45) is 1.60. The molecule has 0 bridgehead atoms. The van der Waals surface area contributed by atoms with Gasteiger partial charge in [-0.25, -0.2) is 9.78 Å². The fourth-order valence-corrected chi connectivity index (χ4v) is 6.96. The van der Waals surface area contributed by atoms with E-state index in [0.29, 0.717) is 44.2 Å². The van der Waals surface area contributed by atoms with E-state index in [2.05, 4.69) is 39.7 Å². The SMILES string of the molecule is CCc1cccs1.O=CNC1C(=O)N2C(C(=O)O)=C(COc3ccc(Cl)cc3-c3nc4ccc(Cl)cc4c(=O)[nH]3)CSC12. The molecule has 2 aromatic carbocycles. The zero-order valence-electron chi connectivity index (χ0n) is 22.5. The minimum absolute atomic E-state index is 0.140. The number of β-lactam (4-membered cyclic amide) rings is 1. The number of hydrogen-bond acceptors (Lipinski definition) is 8. The van der Waals surface area contributed by atoms with Crippen molar-refractivity contribution >= 4 is 75.5 Å². The Labute approximate surface area is 263 Å². The Morgan fingerprint density at radius 2 is 1.98 bits per heavy atom. The molecule has 0 radical (unpaired) electrons. The van der Waals surface area contributed by atoms with Crippen molar-refractivity contribution < 1.29 is 24.2 Å². The molecule has 1 saturated heterocycles. The van der Waals surface area contributed by atoms with E-state index >= 15 is 0 Å². The Balaban J connectivity index is 0.000000463. The van der Waals surface area contributed by atoms with Gasteiger partial charge in [0.25, 0.3) is 11.5 Å². The molecule has 2 unspecified atom stereocenters. The van der Waals surface area contributed by atoms with E-state index in [1.807, 2.05) is 11.3 Å². The van der Waals surface area contributed by atoms with Crippen molar-refractivity contribution in [2.75, 3.05) is 12.4 Å². The van der Waals surface area contributed by atoms with Gasteiger partial charge >= 0.3 is 5.97 Å². The average Bonchev–Trinajstić information content (AvgIpc) is 3.53. The fourth-order valence-electron chi connectivity index (χ4n) is 4.62. The van der Waals surface area contributed by atoms with Gasteiger partial charge in [-0.2, -0.15) is 0 Å². The van der Waals surface area contributed by atoms with Gasteiger partial charge in [0.05, 0.1) is 16.5 Å². The van der Waals surface area contributed by atoms with E-state index in [1.165, 1.54) is 29.1 Å². The van der Waals surface area contributed by atoms with Crippen LogP contribution in [0.4, 0.5) is 0 Å². The van der Waals surface area contributed by atoms with Crippen molar-refractivity contribution in [3.8, 4) is 17.1 Å². The molecular weight excluding hydrogens is 635 g/mol. The van der Waals surface area contributed by atoms with E-state index in [9.17, 15) is 24.3 Å². The maximum atomic E-state index is 12.7. The number of fused-ring (bicyclic) bond motifs is 2. The first kappa shape index (κ1) is 30.6. The number of amides is 2. The Bertz CT molecular complexity index is 1790. The van der Waals surface area contributed by atoms with Crippen LogP contribution in [0, 0.1) is 0 Å². The standard InChI is InChI=1S/C23H16Cl2N4O6S.C6H8S/c24-11-1-3-15-13(5-11)20(31)28-19(27-15)14-6-12(25)2-4-16(14)35-7-10-8-36-22-17(26-9-30)21(32)29(22)18(10)23(33)34;1-2-6-4-3-5-7-6/h1-6,9,17,22H,7-8H2,(H,26,30)(H,33,34)(H,27,28,31);3-5H,2H2,1H3. The number of aliphatic carboxylic acids is 1. The summed E-state index contributed by atoms with van der Waals surface area (Å²) in [5.74, 6) is -0.983. The van der Waals surface area contributed by atoms with Gasteiger partial charge in [-0.05, 0) is 54.3 Å². The molecule has 222 valence electrons. The number of carboxylic acid groups (broad SMARTS) is 1. The summed E-state index contributed by atoms with van der Waals surface area (Å²) in [6.45, 7) is 2.03. The lowest BCUT2D eigenvalue weighted by Gasteiger charge is -2.49. The second kappa shape index (κ2) is 13.2. The number of carboxylic acids is 1. The predicted octanol–water partition coefficient (Wildman–Crippen LogP) is 4.95. The van der Waals surface area contributed by atoms with Crippen molar-refractivity contribution in [1.82, 2.24) is 20.2 Å². The highest BCUT2D eigenvalue weighted by Gasteiger charge is 2.53. The van der Waals surface area contributed by atoms with Crippen LogP contribution in [0.1, 0.15) is 11.8 Å². The third kappa shape index (κ3) is 6.42. The minimum atomic E-state index is -1.27. The molecule has 1 fully saturated rings. The van der Waals surface area contributed by atoms with Gasteiger partial charge in [0.1, 0.15) is 35.3 Å². The van der Waals surface area contributed by atoms with Crippen LogP contribution in [-0.2, 0) is 20.8 Å². The number of hydrogen-bond donors (Lipinski definition) is 3. The number of ether oxygens (including phenoxy) is 1. The Morgan fingerprint density at radius 3 is 2.65 bits per heavy atom. The van der Waals surface area contributed by atoms with Gasteiger partial charge < -0.3 is 20.1 Å². The molecule has 43 heavy (non-hydrogen) atoms. The second-order valence-electron chi connectivity index (χ2n) is 9.37. The number of aryl methyl sites for hydroxylation is 1. The van der Waals surface area contributed by atoms with Crippen LogP contribution < -0.4 is 15.6 Å². The van der Waals surface area contributed by atoms with Crippen LogP contribution in [0.2, 0.25) is 10.0 Å². The maximum Gasteiger partial charge on any atom is 0.352 e. The Hall–Kier alpha value is -3.84. The fraction of sp³-hybridized carbons (Fsp3) is 0.207. The monoisotopic (exact) mass is 658 g/mol. The van der Waals surface area contributed by atoms with Crippen LogP contribution in [-0.4, -0.2) is 62.0 Å². The highest BCUT2D eigenvalue weighted by molar-refractivity contribution is 8.00. The van der Waals surface area contributed by atoms with Crippen LogP contribution in [0.15, 0.2) is 70.0 Å². The maximum absolute atomic E-state index is 12.7. The van der Waals surface area contributed by atoms with Crippen molar-refractivity contribution in [2.24, 2.45) is 0 Å². The first-order chi connectivity index (χ1) is 20.7. The number of nitrogens with one attached hydrogen (secondary N) is 2. The summed E-state index contributed by atoms with van der Waals surface area (Å²) in [5.41, 5.74) is 0.633. The molecule has 6 rings (SSSR count). The molecule has 4 aromatic rings. The van der Waals surface area contributed by atoms with Gasteiger partial charge in [-0.15, -0.1) is 23.1 Å². The molecule has 0 saturated carbocycles. The highest BCUT2D eigenvalue weighted by Crippen LogP contribution is 2.40. The third-order valence-electron chi connectivity index (χ3n) is 6.69. The highest BCUT2D eigenvalue weighted by atomic mass is 35.5. The number of nitrogens with zero attached hydrogens (tertiary/aromatic N) is 2. The zero-order valence-corrected chi connectivity index (χ0v) is 25.6. The molecule has 2 aromatic heterocycles. The quantitative estimate of drug-likeness (QED) is 0.178. The summed E-state index contributed by atoms with van der Waals surface area (Å²) in [5, 5.41) is 14.9. The molecule has 2 amide bonds. The smallest absolute Gasteiger partial charge is 0.352 e. The molecule has 14 heteroatoms. The number of thioether (sulfide) groups is 1. The molecule has 10 nitrogen and oxygen atoms in total. The van der Waals surface area contributed by atoms with Crippen molar-refractivity contribution in [3.63, 3.8) is 0 Å². The van der Waals surface area contributed by atoms with Crippen molar-refractivity contribution in [1.29, 1.82) is 0 Å². The lowest BCUT2D eigenvalue weighted by molar-refractivity contribution is -0.149. The number of H-pyrrole nitrogens is 1. The zero-order chi connectivity index (χ0) is 30.7. The molecule has 2 atom stereocenters. The van der Waals surface area contributed by atoms with Crippen molar-refractivity contribution in [3.05, 3.63) is 90.5 Å². The van der Waals surface area contributed by atoms with Gasteiger partial charge in [0.2, 0.25) is 6.41 Å². The number of benzene rings is 2. The normalized spacial score (nSPS) is 17.5. The van der Waals surface area contributed by atoms with Gasteiger partial charge in [-0.1, -0.05) is 36.2 Å². The van der Waals surface area contributed by atoms with E-state index in [4.69, 9.17) is 27.9 Å². The number of aromatic nitrogens is 2. The lowest BCUT2D eigenvalue weighted by atomic mass is 10.0. The van der Waals surface area contributed by atoms with Crippen LogP contribution in [0.5, 0.6) is 5.75 Å². The Morgan fingerprint density at radius 1 is 1.21 bits per heavy atom. The first-order valence-corrected chi connectivity index (χ1v) is 15.6. The number of thiophene rings is 1. The largest absolute Gasteiger partial charge is 0.488 e. The molecule has 2 aliphatic heterocycles. The van der Waals surface area contributed by atoms with E-state index < -0.39 is 28.9 Å². The number of rotatable bonds is 8. The molecule has 3 N–H and O–H groups in total. The molecule has 0 aliphatic carbocycles. The summed E-state index contributed by atoms with van der Waals surface area (Å²) in [6, 6.07) is 13.0.